The highest BCUT2D eigenvalue weighted by Crippen LogP contribution is 2.47. The van der Waals surface area contributed by atoms with Crippen LogP contribution in [0.4, 0.5) is 8.78 Å². The normalized spacial score (nSPS) is 19.0. The number of alkyl halides is 2. The summed E-state index contributed by atoms with van der Waals surface area (Å²) >= 11 is 0. The van der Waals surface area contributed by atoms with E-state index in [1.165, 1.54) is 0 Å². The number of methoxy groups -OCH3 is 1. The second-order valence-electron chi connectivity index (χ2n) is 3.59. The molecule has 0 heterocycles. The maximum atomic E-state index is 12.4. The van der Waals surface area contributed by atoms with E-state index >= 15 is 0 Å². The van der Waals surface area contributed by atoms with Gasteiger partial charge in [-0.1, -0.05) is 19.9 Å². The molecule has 1 fully saturated rings. The van der Waals surface area contributed by atoms with Crippen LogP contribution in [0, 0.1) is 5.41 Å². The molecule has 1 aliphatic rings. The second-order valence-corrected chi connectivity index (χ2v) is 3.59. The maximum absolute atomic E-state index is 12.4. The fraction of sp³-hybridized carbons (Fsp3) is 0.818. The molecule has 0 spiro atoms. The van der Waals surface area contributed by atoms with Crippen LogP contribution in [-0.2, 0) is 4.74 Å². The molecule has 0 radical (unpaired) electrons. The molecule has 1 nitrogen and oxygen atoms in total. The van der Waals surface area contributed by atoms with Crippen LogP contribution < -0.4 is 0 Å². The van der Waals surface area contributed by atoms with Gasteiger partial charge in [-0.25, -0.2) is 8.78 Å². The van der Waals surface area contributed by atoms with Crippen LogP contribution in [0.1, 0.15) is 33.6 Å². The van der Waals surface area contributed by atoms with Crippen molar-refractivity contribution in [1.82, 2.24) is 0 Å². The summed E-state index contributed by atoms with van der Waals surface area (Å²) < 4.78 is 29.7. The van der Waals surface area contributed by atoms with Crippen LogP contribution in [0.15, 0.2) is 12.2 Å². The summed E-state index contributed by atoms with van der Waals surface area (Å²) in [7, 11) is 1.60. The molecule has 1 aliphatic carbocycles. The SMILES string of the molecule is CC.COCC1(/C=C/C(C)(F)F)CC1. The Labute approximate surface area is 85.1 Å². The molecule has 0 saturated heterocycles. The van der Waals surface area contributed by atoms with E-state index in [2.05, 4.69) is 0 Å². The smallest absolute Gasteiger partial charge is 0.263 e. The van der Waals surface area contributed by atoms with Crippen LogP contribution >= 0.6 is 0 Å². The number of hydrogen-bond acceptors (Lipinski definition) is 1. The first-order chi connectivity index (χ1) is 6.47. The number of allylic oxidation sites excluding steroid dienone is 1. The Morgan fingerprint density at radius 2 is 1.86 bits per heavy atom. The molecule has 0 aromatic carbocycles. The van der Waals surface area contributed by atoms with Crippen molar-refractivity contribution in [3.05, 3.63) is 12.2 Å². The predicted octanol–water partition coefficient (Wildman–Crippen LogP) is 3.65. The van der Waals surface area contributed by atoms with E-state index < -0.39 is 5.92 Å². The third kappa shape index (κ3) is 5.32. The minimum absolute atomic E-state index is 0.0752. The van der Waals surface area contributed by atoms with Gasteiger partial charge in [0, 0.05) is 19.4 Å². The lowest BCUT2D eigenvalue weighted by molar-refractivity contribution is 0.0757. The maximum Gasteiger partial charge on any atom is 0.263 e. The van der Waals surface area contributed by atoms with Crippen LogP contribution in [0.2, 0.25) is 0 Å². The van der Waals surface area contributed by atoms with Crippen molar-refractivity contribution in [1.29, 1.82) is 0 Å². The Morgan fingerprint density at radius 3 is 2.14 bits per heavy atom. The summed E-state index contributed by atoms with van der Waals surface area (Å²) in [6, 6.07) is 0. The molecule has 0 unspecified atom stereocenters. The molecule has 0 amide bonds. The van der Waals surface area contributed by atoms with Gasteiger partial charge >= 0.3 is 0 Å². The summed E-state index contributed by atoms with van der Waals surface area (Å²) in [4.78, 5) is 0. The van der Waals surface area contributed by atoms with E-state index in [1.54, 1.807) is 13.2 Å². The molecule has 84 valence electrons. The van der Waals surface area contributed by atoms with Crippen molar-refractivity contribution in [2.75, 3.05) is 13.7 Å². The largest absolute Gasteiger partial charge is 0.384 e. The predicted molar refractivity (Wildman–Crippen MR) is 54.7 cm³/mol. The lowest BCUT2D eigenvalue weighted by atomic mass is 10.1. The molecule has 14 heavy (non-hydrogen) atoms. The Balaban J connectivity index is 0.000000791. The van der Waals surface area contributed by atoms with Crippen molar-refractivity contribution < 1.29 is 13.5 Å². The second kappa shape index (κ2) is 5.44. The Bertz CT molecular complexity index is 178. The highest BCUT2D eigenvalue weighted by Gasteiger charge is 2.40. The lowest BCUT2D eigenvalue weighted by Crippen LogP contribution is -2.09. The standard InChI is InChI=1S/C9H14F2O.C2H6/c1-8(10,11)3-4-9(5-6-9)7-12-2;1-2/h3-4H,5-7H2,1-2H3;1-2H3/b4-3+;. The fourth-order valence-electron chi connectivity index (χ4n) is 1.13. The molecule has 1 rings (SSSR count). The molecule has 0 aromatic rings. The van der Waals surface area contributed by atoms with E-state index in [9.17, 15) is 8.78 Å². The molecule has 0 atom stereocenters. The Kier molecular flexibility index (Phi) is 5.27. The van der Waals surface area contributed by atoms with Crippen molar-refractivity contribution in [2.24, 2.45) is 5.41 Å². The highest BCUT2D eigenvalue weighted by molar-refractivity contribution is 5.11. The van der Waals surface area contributed by atoms with E-state index in [-0.39, 0.29) is 5.41 Å². The number of rotatable bonds is 4. The minimum Gasteiger partial charge on any atom is -0.384 e. The molecule has 3 heteroatoms. The molecular formula is C11H20F2O. The minimum atomic E-state index is -2.69. The van der Waals surface area contributed by atoms with Gasteiger partial charge in [-0.05, 0) is 18.9 Å². The van der Waals surface area contributed by atoms with E-state index in [0.717, 1.165) is 25.8 Å². The number of ether oxygens (including phenoxy) is 1. The monoisotopic (exact) mass is 206 g/mol. The quantitative estimate of drug-likeness (QED) is 0.638. The summed E-state index contributed by atoms with van der Waals surface area (Å²) in [5, 5.41) is 0. The average molecular weight is 206 g/mol. The van der Waals surface area contributed by atoms with Gasteiger partial charge in [-0.3, -0.25) is 0 Å². The van der Waals surface area contributed by atoms with Gasteiger partial charge in [0.05, 0.1) is 6.61 Å². The molecule has 0 bridgehead atoms. The molecular weight excluding hydrogens is 186 g/mol. The van der Waals surface area contributed by atoms with Gasteiger partial charge in [0.2, 0.25) is 0 Å². The van der Waals surface area contributed by atoms with Crippen LogP contribution in [0.25, 0.3) is 0 Å². The summed E-state index contributed by atoms with van der Waals surface area (Å²) in [5.74, 6) is -2.69. The third-order valence-corrected chi connectivity index (χ3v) is 2.05. The zero-order valence-electron chi connectivity index (χ0n) is 9.44. The Morgan fingerprint density at radius 1 is 1.36 bits per heavy atom. The van der Waals surface area contributed by atoms with Crippen molar-refractivity contribution in [3.63, 3.8) is 0 Å². The number of halogens is 2. The first-order valence-electron chi connectivity index (χ1n) is 5.05. The first-order valence-corrected chi connectivity index (χ1v) is 5.05. The summed E-state index contributed by atoms with van der Waals surface area (Å²) in [6.07, 6.45) is 4.50. The summed E-state index contributed by atoms with van der Waals surface area (Å²) in [6.45, 7) is 5.45. The topological polar surface area (TPSA) is 9.23 Å². The van der Waals surface area contributed by atoms with Crippen LogP contribution in [0.3, 0.4) is 0 Å². The zero-order chi connectivity index (χ0) is 11.2. The van der Waals surface area contributed by atoms with Gasteiger partial charge in [0.1, 0.15) is 0 Å². The Hall–Kier alpha value is -0.440. The van der Waals surface area contributed by atoms with Gasteiger partial charge in [0.25, 0.3) is 5.92 Å². The first kappa shape index (κ1) is 13.6. The van der Waals surface area contributed by atoms with E-state index in [0.29, 0.717) is 6.61 Å². The van der Waals surface area contributed by atoms with Gasteiger partial charge in [-0.15, -0.1) is 0 Å². The molecule has 0 N–H and O–H groups in total. The van der Waals surface area contributed by atoms with E-state index in [1.807, 2.05) is 13.8 Å². The van der Waals surface area contributed by atoms with Gasteiger partial charge in [-0.2, -0.15) is 0 Å². The fourth-order valence-corrected chi connectivity index (χ4v) is 1.13. The van der Waals surface area contributed by atoms with Crippen molar-refractivity contribution in [2.45, 2.75) is 39.5 Å². The van der Waals surface area contributed by atoms with Gasteiger partial charge < -0.3 is 4.74 Å². The van der Waals surface area contributed by atoms with Crippen LogP contribution in [0.5, 0.6) is 0 Å². The zero-order valence-corrected chi connectivity index (χ0v) is 9.44. The van der Waals surface area contributed by atoms with Crippen molar-refractivity contribution in [3.8, 4) is 0 Å². The van der Waals surface area contributed by atoms with Crippen LogP contribution in [-0.4, -0.2) is 19.6 Å². The average Bonchev–Trinajstić information content (AvgIpc) is 2.86. The number of hydrogen-bond donors (Lipinski definition) is 0. The molecule has 0 aromatic heterocycles. The highest BCUT2D eigenvalue weighted by atomic mass is 19.3. The van der Waals surface area contributed by atoms with E-state index in [4.69, 9.17) is 4.74 Å². The molecule has 1 saturated carbocycles. The lowest BCUT2D eigenvalue weighted by Gasteiger charge is -2.09. The third-order valence-electron chi connectivity index (χ3n) is 2.05. The molecule has 0 aliphatic heterocycles. The summed E-state index contributed by atoms with van der Waals surface area (Å²) in [5.41, 5.74) is -0.0752. The van der Waals surface area contributed by atoms with Crippen molar-refractivity contribution >= 4 is 0 Å². The van der Waals surface area contributed by atoms with Gasteiger partial charge in [0.15, 0.2) is 0 Å².